The van der Waals surface area contributed by atoms with Crippen molar-refractivity contribution in [2.24, 2.45) is 5.92 Å². The lowest BCUT2D eigenvalue weighted by molar-refractivity contribution is -0.119. The molecule has 1 aromatic rings. The molecule has 1 aromatic carbocycles. The highest BCUT2D eigenvalue weighted by Crippen LogP contribution is 2.23. The van der Waals surface area contributed by atoms with Crippen molar-refractivity contribution in [3.8, 4) is 0 Å². The Bertz CT molecular complexity index is 620. The second kappa shape index (κ2) is 7.81. The number of carbonyl (C=O) groups is 1. The first-order valence-electron chi connectivity index (χ1n) is 8.17. The Morgan fingerprint density at radius 1 is 1.17 bits per heavy atom. The lowest BCUT2D eigenvalue weighted by Crippen LogP contribution is -2.41. The smallest absolute Gasteiger partial charge is 0.240 e. The summed E-state index contributed by atoms with van der Waals surface area (Å²) in [6, 6.07) is 7.14. The lowest BCUT2D eigenvalue weighted by Gasteiger charge is -2.24. The molecule has 0 aromatic heterocycles. The number of hydrogen-bond acceptors (Lipinski definition) is 3. The Balaban J connectivity index is 1.97. The number of rotatable bonds is 6. The molecule has 128 valence electrons. The number of carbonyl (C=O) groups excluding carboxylic acids is 1. The van der Waals surface area contributed by atoms with E-state index in [1.165, 1.54) is 19.3 Å². The fraction of sp³-hybridized carbons (Fsp3) is 0.588. The maximum absolute atomic E-state index is 12.2. The van der Waals surface area contributed by atoms with Crippen LogP contribution in [-0.2, 0) is 14.8 Å². The van der Waals surface area contributed by atoms with Crippen molar-refractivity contribution in [2.45, 2.75) is 39.0 Å². The van der Waals surface area contributed by atoms with Gasteiger partial charge in [0.2, 0.25) is 15.9 Å². The molecule has 0 bridgehead atoms. The number of sulfonamides is 1. The van der Waals surface area contributed by atoms with Gasteiger partial charge >= 0.3 is 0 Å². The number of hydrogen-bond donors (Lipinski definition) is 1. The Morgan fingerprint density at radius 2 is 1.78 bits per heavy atom. The van der Waals surface area contributed by atoms with Gasteiger partial charge in [0.05, 0.1) is 11.9 Å². The van der Waals surface area contributed by atoms with Crippen molar-refractivity contribution < 1.29 is 13.2 Å². The minimum absolute atomic E-state index is 0.172. The lowest BCUT2D eigenvalue weighted by atomic mass is 9.89. The van der Waals surface area contributed by atoms with Gasteiger partial charge < -0.3 is 5.32 Å². The van der Waals surface area contributed by atoms with Crippen LogP contribution in [0, 0.1) is 12.8 Å². The second-order valence-corrected chi connectivity index (χ2v) is 8.32. The SMILES string of the molecule is Cc1ccc(N(CC(=O)NCC2CCCCC2)S(C)(=O)=O)cc1. The van der Waals surface area contributed by atoms with Crippen molar-refractivity contribution in [1.29, 1.82) is 0 Å². The van der Waals surface area contributed by atoms with Crippen LogP contribution in [0.5, 0.6) is 0 Å². The van der Waals surface area contributed by atoms with Crippen LogP contribution in [0.15, 0.2) is 24.3 Å². The number of amides is 1. The first kappa shape index (κ1) is 17.8. The molecule has 0 atom stereocenters. The molecule has 0 spiro atoms. The van der Waals surface area contributed by atoms with Crippen molar-refractivity contribution in [2.75, 3.05) is 23.7 Å². The summed E-state index contributed by atoms with van der Waals surface area (Å²) in [6.07, 6.45) is 7.14. The zero-order valence-corrected chi connectivity index (χ0v) is 14.7. The predicted octanol–water partition coefficient (Wildman–Crippen LogP) is 2.46. The molecule has 6 heteroatoms. The van der Waals surface area contributed by atoms with Crippen LogP contribution in [0.2, 0.25) is 0 Å². The Labute approximate surface area is 139 Å². The van der Waals surface area contributed by atoms with E-state index < -0.39 is 10.0 Å². The molecule has 1 amide bonds. The minimum Gasteiger partial charge on any atom is -0.354 e. The molecular formula is C17H26N2O3S. The molecule has 1 N–H and O–H groups in total. The van der Waals surface area contributed by atoms with Crippen LogP contribution in [0.4, 0.5) is 5.69 Å². The number of benzene rings is 1. The van der Waals surface area contributed by atoms with E-state index in [1.54, 1.807) is 12.1 Å². The number of nitrogens with one attached hydrogen (secondary N) is 1. The molecule has 0 saturated heterocycles. The summed E-state index contributed by atoms with van der Waals surface area (Å²) >= 11 is 0. The van der Waals surface area contributed by atoms with Gasteiger partial charge in [0, 0.05) is 6.54 Å². The molecule has 0 aliphatic heterocycles. The van der Waals surface area contributed by atoms with Crippen molar-refractivity contribution >= 4 is 21.6 Å². The zero-order chi connectivity index (χ0) is 16.9. The molecule has 1 aliphatic rings. The van der Waals surface area contributed by atoms with E-state index in [9.17, 15) is 13.2 Å². The molecule has 0 radical (unpaired) electrons. The van der Waals surface area contributed by atoms with Gasteiger partial charge in [-0.25, -0.2) is 8.42 Å². The highest BCUT2D eigenvalue weighted by Gasteiger charge is 2.21. The van der Waals surface area contributed by atoms with Gasteiger partial charge in [-0.3, -0.25) is 9.10 Å². The first-order chi connectivity index (χ1) is 10.9. The first-order valence-corrected chi connectivity index (χ1v) is 10.0. The van der Waals surface area contributed by atoms with Gasteiger partial charge in [0.1, 0.15) is 6.54 Å². The van der Waals surface area contributed by atoms with E-state index in [1.807, 2.05) is 19.1 Å². The fourth-order valence-corrected chi connectivity index (χ4v) is 3.80. The van der Waals surface area contributed by atoms with Gasteiger partial charge in [0.15, 0.2) is 0 Å². The van der Waals surface area contributed by atoms with E-state index in [-0.39, 0.29) is 12.5 Å². The Hall–Kier alpha value is -1.56. The summed E-state index contributed by atoms with van der Waals surface area (Å²) in [5, 5.41) is 2.89. The summed E-state index contributed by atoms with van der Waals surface area (Å²) in [7, 11) is -3.50. The highest BCUT2D eigenvalue weighted by molar-refractivity contribution is 7.92. The zero-order valence-electron chi connectivity index (χ0n) is 13.9. The summed E-state index contributed by atoms with van der Waals surface area (Å²) in [6.45, 7) is 2.41. The van der Waals surface area contributed by atoms with Crippen molar-refractivity contribution in [3.63, 3.8) is 0 Å². The molecule has 1 aliphatic carbocycles. The van der Waals surface area contributed by atoms with Gasteiger partial charge in [0.25, 0.3) is 0 Å². The molecule has 5 nitrogen and oxygen atoms in total. The molecule has 1 fully saturated rings. The molecule has 2 rings (SSSR count). The Kier molecular flexibility index (Phi) is 6.04. The van der Waals surface area contributed by atoms with E-state index in [0.29, 0.717) is 18.2 Å². The van der Waals surface area contributed by atoms with Crippen molar-refractivity contribution in [3.05, 3.63) is 29.8 Å². The van der Waals surface area contributed by atoms with Crippen molar-refractivity contribution in [1.82, 2.24) is 5.32 Å². The molecule has 1 saturated carbocycles. The van der Waals surface area contributed by atoms with Gasteiger partial charge in [-0.15, -0.1) is 0 Å². The van der Waals surface area contributed by atoms with E-state index in [4.69, 9.17) is 0 Å². The van der Waals surface area contributed by atoms with Gasteiger partial charge in [-0.05, 0) is 37.8 Å². The number of aryl methyl sites for hydroxylation is 1. The van der Waals surface area contributed by atoms with Crippen LogP contribution < -0.4 is 9.62 Å². The highest BCUT2D eigenvalue weighted by atomic mass is 32.2. The van der Waals surface area contributed by atoms with Gasteiger partial charge in [-0.1, -0.05) is 37.0 Å². The average Bonchev–Trinajstić information content (AvgIpc) is 2.52. The second-order valence-electron chi connectivity index (χ2n) is 6.41. The minimum atomic E-state index is -3.50. The van der Waals surface area contributed by atoms with Crippen LogP contribution in [0.1, 0.15) is 37.7 Å². The third kappa shape index (κ3) is 5.53. The quantitative estimate of drug-likeness (QED) is 0.866. The molecule has 0 heterocycles. The molecular weight excluding hydrogens is 312 g/mol. The van der Waals surface area contributed by atoms with E-state index in [2.05, 4.69) is 5.32 Å². The Morgan fingerprint density at radius 3 is 2.35 bits per heavy atom. The van der Waals surface area contributed by atoms with E-state index in [0.717, 1.165) is 29.0 Å². The molecule has 23 heavy (non-hydrogen) atoms. The van der Waals surface area contributed by atoms with Crippen LogP contribution in [0.3, 0.4) is 0 Å². The number of nitrogens with zero attached hydrogens (tertiary/aromatic N) is 1. The number of anilines is 1. The third-order valence-electron chi connectivity index (χ3n) is 4.32. The topological polar surface area (TPSA) is 66.5 Å². The standard InChI is InChI=1S/C17H26N2O3S/c1-14-8-10-16(11-9-14)19(23(2,21)22)13-17(20)18-12-15-6-4-3-5-7-15/h8-11,15H,3-7,12-13H2,1-2H3,(H,18,20). The molecule has 0 unspecified atom stereocenters. The van der Waals surface area contributed by atoms with Crippen LogP contribution >= 0.6 is 0 Å². The maximum atomic E-state index is 12.2. The third-order valence-corrected chi connectivity index (χ3v) is 5.46. The summed E-state index contributed by atoms with van der Waals surface area (Å²) < 4.78 is 25.2. The summed E-state index contributed by atoms with van der Waals surface area (Å²) in [5.74, 6) is 0.278. The summed E-state index contributed by atoms with van der Waals surface area (Å²) in [5.41, 5.74) is 1.56. The predicted molar refractivity (Wildman–Crippen MR) is 93.0 cm³/mol. The average molecular weight is 338 g/mol. The van der Waals surface area contributed by atoms with E-state index >= 15 is 0 Å². The van der Waals surface area contributed by atoms with Crippen LogP contribution in [-0.4, -0.2) is 33.7 Å². The largest absolute Gasteiger partial charge is 0.354 e. The monoisotopic (exact) mass is 338 g/mol. The normalized spacial score (nSPS) is 16.1. The van der Waals surface area contributed by atoms with Crippen LogP contribution in [0.25, 0.3) is 0 Å². The summed E-state index contributed by atoms with van der Waals surface area (Å²) in [4.78, 5) is 12.2. The fourth-order valence-electron chi connectivity index (χ4n) is 2.95. The van der Waals surface area contributed by atoms with Gasteiger partial charge in [-0.2, -0.15) is 0 Å². The maximum Gasteiger partial charge on any atom is 0.240 e.